The van der Waals surface area contributed by atoms with Gasteiger partial charge in [0, 0.05) is 6.54 Å². The second kappa shape index (κ2) is 6.24. The summed E-state index contributed by atoms with van der Waals surface area (Å²) in [5.74, 6) is -0.353. The summed E-state index contributed by atoms with van der Waals surface area (Å²) in [5, 5.41) is 15.2. The number of carboxylic acid groups (broad SMARTS) is 1. The van der Waals surface area contributed by atoms with Crippen LogP contribution in [0.5, 0.6) is 0 Å². The van der Waals surface area contributed by atoms with E-state index in [1.54, 1.807) is 0 Å². The Morgan fingerprint density at radius 1 is 1.05 bits per heavy atom. The lowest BCUT2D eigenvalue weighted by Gasteiger charge is -2.30. The minimum atomic E-state index is -1.07. The highest BCUT2D eigenvalue weighted by Gasteiger charge is 2.46. The van der Waals surface area contributed by atoms with E-state index in [1.807, 2.05) is 0 Å². The Hall–Kier alpha value is -1.26. The predicted octanol–water partition coefficient (Wildman–Crippen LogP) is 2.90. The molecule has 0 unspecified atom stereocenters. The maximum atomic E-state index is 12.1. The van der Waals surface area contributed by atoms with Gasteiger partial charge >= 0.3 is 12.0 Å². The largest absolute Gasteiger partial charge is 0.480 e. The molecule has 2 aliphatic carbocycles. The molecule has 2 fully saturated rings. The van der Waals surface area contributed by atoms with E-state index >= 15 is 0 Å². The van der Waals surface area contributed by atoms with Crippen LogP contribution >= 0.6 is 0 Å². The molecule has 0 aliphatic heterocycles. The predicted molar refractivity (Wildman–Crippen MR) is 81.1 cm³/mol. The summed E-state index contributed by atoms with van der Waals surface area (Å²) in [4.78, 5) is 23.8. The summed E-state index contributed by atoms with van der Waals surface area (Å²) >= 11 is 0. The number of nitrogens with one attached hydrogen (secondary N) is 2. The third-order valence-corrected chi connectivity index (χ3v) is 5.44. The van der Waals surface area contributed by atoms with Gasteiger partial charge in [0.25, 0.3) is 0 Å². The third-order valence-electron chi connectivity index (χ3n) is 5.44. The number of carbonyl (C=O) groups is 2. The van der Waals surface area contributed by atoms with E-state index in [4.69, 9.17) is 0 Å². The molecule has 120 valence electrons. The Balaban J connectivity index is 1.91. The van der Waals surface area contributed by atoms with Crippen molar-refractivity contribution in [3.05, 3.63) is 0 Å². The monoisotopic (exact) mass is 296 g/mol. The summed E-state index contributed by atoms with van der Waals surface area (Å²) in [6.07, 6.45) is 7.19. The van der Waals surface area contributed by atoms with Crippen molar-refractivity contribution in [3.63, 3.8) is 0 Å². The molecule has 0 atom stereocenters. The first-order chi connectivity index (χ1) is 9.90. The summed E-state index contributed by atoms with van der Waals surface area (Å²) < 4.78 is 0. The van der Waals surface area contributed by atoms with E-state index < -0.39 is 11.5 Å². The standard InChI is InChI=1S/C16H28N2O3/c1-12(2)15(9-10-15)11-17-14(21)18-16(13(19)20)7-5-3-4-6-8-16/h12H,3-11H2,1-2H3,(H,19,20)(H2,17,18,21). The SMILES string of the molecule is CC(C)C1(CNC(=O)NC2(C(=O)O)CCCCCC2)CC1. The Kier molecular flexibility index (Phi) is 4.79. The minimum Gasteiger partial charge on any atom is -0.480 e. The first kappa shape index (κ1) is 16.1. The summed E-state index contributed by atoms with van der Waals surface area (Å²) in [6, 6.07) is -0.328. The highest BCUT2D eigenvalue weighted by molar-refractivity contribution is 5.86. The van der Waals surface area contributed by atoms with Gasteiger partial charge in [0.2, 0.25) is 0 Å². The molecule has 0 radical (unpaired) electrons. The fraction of sp³-hybridized carbons (Fsp3) is 0.875. The number of carbonyl (C=O) groups excluding carboxylic acids is 1. The molecule has 5 nitrogen and oxygen atoms in total. The number of aliphatic carboxylic acids is 1. The van der Waals surface area contributed by atoms with Gasteiger partial charge in [-0.15, -0.1) is 0 Å². The quantitative estimate of drug-likeness (QED) is 0.683. The van der Waals surface area contributed by atoms with Crippen molar-refractivity contribution >= 4 is 12.0 Å². The Labute approximate surface area is 126 Å². The number of hydrogen-bond donors (Lipinski definition) is 3. The zero-order valence-electron chi connectivity index (χ0n) is 13.2. The Bertz CT molecular complexity index is 394. The molecule has 2 amide bonds. The van der Waals surface area contributed by atoms with Gasteiger partial charge in [0.05, 0.1) is 0 Å². The number of carboxylic acids is 1. The highest BCUT2D eigenvalue weighted by Crippen LogP contribution is 2.51. The van der Waals surface area contributed by atoms with Crippen molar-refractivity contribution in [2.75, 3.05) is 6.54 Å². The van der Waals surface area contributed by atoms with Crippen molar-refractivity contribution in [3.8, 4) is 0 Å². The van der Waals surface area contributed by atoms with Crippen LogP contribution in [-0.4, -0.2) is 29.2 Å². The van der Waals surface area contributed by atoms with Crippen LogP contribution in [0.4, 0.5) is 4.79 Å². The van der Waals surface area contributed by atoms with Gasteiger partial charge < -0.3 is 15.7 Å². The number of rotatable bonds is 5. The molecule has 0 aromatic heterocycles. The number of urea groups is 1. The molecule has 5 heteroatoms. The van der Waals surface area contributed by atoms with Crippen molar-refractivity contribution < 1.29 is 14.7 Å². The molecular weight excluding hydrogens is 268 g/mol. The fourth-order valence-corrected chi connectivity index (χ4v) is 3.36. The topological polar surface area (TPSA) is 78.4 Å². The summed E-state index contributed by atoms with van der Waals surface area (Å²) in [7, 11) is 0. The molecule has 0 aromatic carbocycles. The Morgan fingerprint density at radius 3 is 2.05 bits per heavy atom. The van der Waals surface area contributed by atoms with Crippen LogP contribution in [0.2, 0.25) is 0 Å². The molecule has 2 saturated carbocycles. The lowest BCUT2D eigenvalue weighted by molar-refractivity contribution is -0.145. The normalized spacial score (nSPS) is 23.2. The summed E-state index contributed by atoms with van der Waals surface area (Å²) in [5.41, 5.74) is -0.841. The van der Waals surface area contributed by atoms with Gasteiger partial charge in [0.1, 0.15) is 5.54 Å². The fourth-order valence-electron chi connectivity index (χ4n) is 3.36. The van der Waals surface area contributed by atoms with Crippen molar-refractivity contribution in [2.24, 2.45) is 11.3 Å². The lowest BCUT2D eigenvalue weighted by atomic mass is 9.90. The van der Waals surface area contributed by atoms with Crippen molar-refractivity contribution in [1.29, 1.82) is 0 Å². The van der Waals surface area contributed by atoms with E-state index in [0.29, 0.717) is 25.3 Å². The molecular formula is C16H28N2O3. The average molecular weight is 296 g/mol. The second-order valence-electron chi connectivity index (χ2n) is 7.13. The van der Waals surface area contributed by atoms with Gasteiger partial charge in [-0.05, 0) is 37.0 Å². The van der Waals surface area contributed by atoms with Crippen molar-refractivity contribution in [1.82, 2.24) is 10.6 Å². The number of hydrogen-bond acceptors (Lipinski definition) is 2. The molecule has 2 rings (SSSR count). The molecule has 0 saturated heterocycles. The molecule has 3 N–H and O–H groups in total. The van der Waals surface area contributed by atoms with Crippen LogP contribution in [0.15, 0.2) is 0 Å². The van der Waals surface area contributed by atoms with E-state index in [9.17, 15) is 14.7 Å². The minimum absolute atomic E-state index is 0.233. The van der Waals surface area contributed by atoms with Gasteiger partial charge in [-0.1, -0.05) is 39.5 Å². The zero-order chi connectivity index (χ0) is 15.5. The number of amides is 2. The molecule has 0 heterocycles. The van der Waals surface area contributed by atoms with Gasteiger partial charge in [-0.25, -0.2) is 9.59 Å². The molecule has 0 spiro atoms. The molecule has 0 bridgehead atoms. The maximum absolute atomic E-state index is 12.1. The van der Waals surface area contributed by atoms with E-state index in [2.05, 4.69) is 24.5 Å². The summed E-state index contributed by atoms with van der Waals surface area (Å²) in [6.45, 7) is 5.00. The first-order valence-corrected chi connectivity index (χ1v) is 8.20. The van der Waals surface area contributed by atoms with Gasteiger partial charge in [-0.3, -0.25) is 0 Å². The maximum Gasteiger partial charge on any atom is 0.329 e. The van der Waals surface area contributed by atoms with Crippen LogP contribution in [0.3, 0.4) is 0 Å². The molecule has 21 heavy (non-hydrogen) atoms. The van der Waals surface area contributed by atoms with Crippen LogP contribution in [0.1, 0.15) is 65.2 Å². The smallest absolute Gasteiger partial charge is 0.329 e. The second-order valence-corrected chi connectivity index (χ2v) is 7.13. The Morgan fingerprint density at radius 2 is 1.62 bits per heavy atom. The lowest BCUT2D eigenvalue weighted by Crippen LogP contribution is -2.57. The van der Waals surface area contributed by atoms with Crippen LogP contribution in [0, 0.1) is 11.3 Å². The molecule has 0 aromatic rings. The average Bonchev–Trinajstić information content (AvgIpc) is 3.22. The van der Waals surface area contributed by atoms with Crippen LogP contribution in [0.25, 0.3) is 0 Å². The van der Waals surface area contributed by atoms with Crippen LogP contribution < -0.4 is 10.6 Å². The molecule has 2 aliphatic rings. The van der Waals surface area contributed by atoms with Gasteiger partial charge in [0.15, 0.2) is 0 Å². The third kappa shape index (κ3) is 3.69. The van der Waals surface area contributed by atoms with E-state index in [0.717, 1.165) is 38.5 Å². The van der Waals surface area contributed by atoms with Crippen LogP contribution in [-0.2, 0) is 4.79 Å². The zero-order valence-corrected chi connectivity index (χ0v) is 13.2. The van der Waals surface area contributed by atoms with Crippen molar-refractivity contribution in [2.45, 2.75) is 70.8 Å². The van der Waals surface area contributed by atoms with E-state index in [1.165, 1.54) is 0 Å². The highest BCUT2D eigenvalue weighted by atomic mass is 16.4. The van der Waals surface area contributed by atoms with Gasteiger partial charge in [-0.2, -0.15) is 0 Å². The van der Waals surface area contributed by atoms with E-state index in [-0.39, 0.29) is 11.4 Å². The first-order valence-electron chi connectivity index (χ1n) is 8.20.